The number of rotatable bonds is 4. The minimum Gasteiger partial charge on any atom is -0.475 e. The predicted molar refractivity (Wildman–Crippen MR) is 42.2 cm³/mol. The molecule has 1 N–H and O–H groups in total. The first-order valence-electron chi connectivity index (χ1n) is 3.61. The Balaban J connectivity index is 4.27. The molecular formula is C8H11NO3. The normalized spacial score (nSPS) is 13.2. The Labute approximate surface area is 71.1 Å². The lowest BCUT2D eigenvalue weighted by atomic mass is 10.3. The van der Waals surface area contributed by atoms with Crippen LogP contribution in [0.25, 0.3) is 0 Å². The summed E-state index contributed by atoms with van der Waals surface area (Å²) in [6, 6.07) is 1.78. The molecule has 0 aliphatic heterocycles. The molecule has 66 valence electrons. The van der Waals surface area contributed by atoms with E-state index < -0.39 is 12.1 Å². The standard InChI is InChI=1S/C8H11NO3/c1-3-4-7(8(10)11)12-6(2)5-9/h4,6H,3H2,1-2H3,(H,10,11)/b7-4+. The van der Waals surface area contributed by atoms with Gasteiger partial charge in [-0.3, -0.25) is 0 Å². The summed E-state index contributed by atoms with van der Waals surface area (Å²) in [6.07, 6.45) is 1.27. The lowest BCUT2D eigenvalue weighted by molar-refractivity contribution is -0.137. The van der Waals surface area contributed by atoms with Crippen LogP contribution in [0.15, 0.2) is 11.8 Å². The van der Waals surface area contributed by atoms with Crippen molar-refractivity contribution in [3.8, 4) is 6.07 Å². The minimum absolute atomic E-state index is 0.161. The first-order chi connectivity index (χ1) is 5.61. The molecule has 0 heterocycles. The average Bonchev–Trinajstić information content (AvgIpc) is 2.03. The lowest BCUT2D eigenvalue weighted by Crippen LogP contribution is -2.11. The molecule has 12 heavy (non-hydrogen) atoms. The van der Waals surface area contributed by atoms with Gasteiger partial charge in [-0.2, -0.15) is 5.26 Å². The number of carboxylic acids is 1. The van der Waals surface area contributed by atoms with Gasteiger partial charge >= 0.3 is 5.97 Å². The highest BCUT2D eigenvalue weighted by Crippen LogP contribution is 2.03. The quantitative estimate of drug-likeness (QED) is 0.508. The van der Waals surface area contributed by atoms with Gasteiger partial charge in [-0.1, -0.05) is 6.92 Å². The van der Waals surface area contributed by atoms with Crippen molar-refractivity contribution < 1.29 is 14.6 Å². The Bertz CT molecular complexity index is 227. The third-order valence-corrected chi connectivity index (χ3v) is 1.09. The molecule has 0 saturated heterocycles. The molecule has 0 radical (unpaired) electrons. The number of allylic oxidation sites excluding steroid dienone is 1. The van der Waals surface area contributed by atoms with Gasteiger partial charge in [0.1, 0.15) is 6.07 Å². The third-order valence-electron chi connectivity index (χ3n) is 1.09. The number of hydrogen-bond donors (Lipinski definition) is 1. The summed E-state index contributed by atoms with van der Waals surface area (Å²) in [5, 5.41) is 16.9. The number of nitrogens with zero attached hydrogens (tertiary/aromatic N) is 1. The molecule has 0 aliphatic carbocycles. The molecule has 1 unspecified atom stereocenters. The van der Waals surface area contributed by atoms with Gasteiger partial charge in [0, 0.05) is 0 Å². The van der Waals surface area contributed by atoms with Crippen LogP contribution in [0.5, 0.6) is 0 Å². The summed E-state index contributed by atoms with van der Waals surface area (Å²) in [6.45, 7) is 3.29. The van der Waals surface area contributed by atoms with E-state index in [-0.39, 0.29) is 5.76 Å². The molecule has 0 amide bonds. The van der Waals surface area contributed by atoms with Gasteiger partial charge in [0.25, 0.3) is 0 Å². The molecule has 0 aromatic carbocycles. The lowest BCUT2D eigenvalue weighted by Gasteiger charge is -2.06. The Kier molecular flexibility index (Phi) is 4.54. The van der Waals surface area contributed by atoms with Crippen LogP contribution in [0.4, 0.5) is 0 Å². The zero-order chi connectivity index (χ0) is 9.56. The van der Waals surface area contributed by atoms with Crippen molar-refractivity contribution in [2.45, 2.75) is 26.4 Å². The van der Waals surface area contributed by atoms with Crippen molar-refractivity contribution in [1.82, 2.24) is 0 Å². The third kappa shape index (κ3) is 3.62. The number of aliphatic carboxylic acids is 1. The molecule has 0 spiro atoms. The van der Waals surface area contributed by atoms with E-state index in [1.54, 1.807) is 13.0 Å². The van der Waals surface area contributed by atoms with Crippen LogP contribution in [0.3, 0.4) is 0 Å². The molecule has 4 nitrogen and oxygen atoms in total. The van der Waals surface area contributed by atoms with Crippen molar-refractivity contribution in [3.05, 3.63) is 11.8 Å². The molecular weight excluding hydrogens is 158 g/mol. The smallest absolute Gasteiger partial charge is 0.370 e. The van der Waals surface area contributed by atoms with Gasteiger partial charge in [0.05, 0.1) is 0 Å². The summed E-state index contributed by atoms with van der Waals surface area (Å²) >= 11 is 0. The Morgan fingerprint density at radius 1 is 1.83 bits per heavy atom. The van der Waals surface area contributed by atoms with Gasteiger partial charge in [0.2, 0.25) is 5.76 Å². The molecule has 1 atom stereocenters. The second-order valence-corrected chi connectivity index (χ2v) is 2.17. The van der Waals surface area contributed by atoms with Crippen molar-refractivity contribution in [3.63, 3.8) is 0 Å². The number of nitriles is 1. The highest BCUT2D eigenvalue weighted by atomic mass is 16.5. The second-order valence-electron chi connectivity index (χ2n) is 2.17. The molecule has 0 aromatic rings. The molecule has 0 saturated carbocycles. The molecule has 0 bridgehead atoms. The first kappa shape index (κ1) is 10.5. The van der Waals surface area contributed by atoms with Crippen molar-refractivity contribution >= 4 is 5.97 Å². The monoisotopic (exact) mass is 169 g/mol. The topological polar surface area (TPSA) is 70.3 Å². The van der Waals surface area contributed by atoms with E-state index in [0.717, 1.165) is 0 Å². The van der Waals surface area contributed by atoms with E-state index in [0.29, 0.717) is 6.42 Å². The van der Waals surface area contributed by atoms with Crippen LogP contribution in [0.2, 0.25) is 0 Å². The van der Waals surface area contributed by atoms with Gasteiger partial charge in [-0.15, -0.1) is 0 Å². The summed E-state index contributed by atoms with van der Waals surface area (Å²) in [4.78, 5) is 10.4. The maximum atomic E-state index is 10.4. The van der Waals surface area contributed by atoms with Crippen molar-refractivity contribution in [2.24, 2.45) is 0 Å². The largest absolute Gasteiger partial charge is 0.475 e. The first-order valence-corrected chi connectivity index (χ1v) is 3.61. The van der Waals surface area contributed by atoms with E-state index >= 15 is 0 Å². The van der Waals surface area contributed by atoms with Crippen LogP contribution < -0.4 is 0 Å². The number of carboxylic acid groups (broad SMARTS) is 1. The Morgan fingerprint density at radius 3 is 2.75 bits per heavy atom. The fourth-order valence-corrected chi connectivity index (χ4v) is 0.588. The van der Waals surface area contributed by atoms with E-state index in [1.807, 2.05) is 0 Å². The maximum Gasteiger partial charge on any atom is 0.370 e. The van der Waals surface area contributed by atoms with Gasteiger partial charge < -0.3 is 9.84 Å². The van der Waals surface area contributed by atoms with Crippen LogP contribution in [0, 0.1) is 11.3 Å². The van der Waals surface area contributed by atoms with Crippen LogP contribution >= 0.6 is 0 Å². The summed E-state index contributed by atoms with van der Waals surface area (Å²) in [5.41, 5.74) is 0. The summed E-state index contributed by atoms with van der Waals surface area (Å²) in [7, 11) is 0. The molecule has 0 fully saturated rings. The van der Waals surface area contributed by atoms with E-state index in [4.69, 9.17) is 15.1 Å². The van der Waals surface area contributed by atoms with Crippen LogP contribution in [-0.2, 0) is 9.53 Å². The van der Waals surface area contributed by atoms with Crippen LogP contribution in [-0.4, -0.2) is 17.2 Å². The number of carbonyl (C=O) groups is 1. The molecule has 0 aromatic heterocycles. The van der Waals surface area contributed by atoms with Gasteiger partial charge in [-0.25, -0.2) is 4.79 Å². The molecule has 0 aliphatic rings. The average molecular weight is 169 g/mol. The Hall–Kier alpha value is -1.50. The van der Waals surface area contributed by atoms with Crippen molar-refractivity contribution in [1.29, 1.82) is 5.26 Å². The van der Waals surface area contributed by atoms with Crippen molar-refractivity contribution in [2.75, 3.05) is 0 Å². The van der Waals surface area contributed by atoms with E-state index in [9.17, 15) is 4.79 Å². The molecule has 0 rings (SSSR count). The maximum absolute atomic E-state index is 10.4. The fourth-order valence-electron chi connectivity index (χ4n) is 0.588. The van der Waals surface area contributed by atoms with E-state index in [2.05, 4.69) is 0 Å². The zero-order valence-electron chi connectivity index (χ0n) is 7.07. The van der Waals surface area contributed by atoms with Gasteiger partial charge in [-0.05, 0) is 19.4 Å². The summed E-state index contributed by atoms with van der Waals surface area (Å²) in [5.74, 6) is -1.30. The van der Waals surface area contributed by atoms with Crippen LogP contribution in [0.1, 0.15) is 20.3 Å². The molecule has 4 heteroatoms. The minimum atomic E-state index is -1.14. The number of ether oxygens (including phenoxy) is 1. The fraction of sp³-hybridized carbons (Fsp3) is 0.500. The number of hydrogen-bond acceptors (Lipinski definition) is 3. The highest BCUT2D eigenvalue weighted by Gasteiger charge is 2.10. The second kappa shape index (κ2) is 5.19. The summed E-state index contributed by atoms with van der Waals surface area (Å²) < 4.78 is 4.80. The highest BCUT2D eigenvalue weighted by molar-refractivity contribution is 5.84. The SMILES string of the molecule is CC/C=C(/OC(C)C#N)C(=O)O. The zero-order valence-corrected chi connectivity index (χ0v) is 7.07. The van der Waals surface area contributed by atoms with E-state index in [1.165, 1.54) is 13.0 Å². The predicted octanol–water partition coefficient (Wildman–Crippen LogP) is 1.29. The Morgan fingerprint density at radius 2 is 2.42 bits per heavy atom. The van der Waals surface area contributed by atoms with Gasteiger partial charge in [0.15, 0.2) is 6.10 Å².